The molecular weight excluding hydrogens is 261 g/mol. The monoisotopic (exact) mass is 275 g/mol. The second kappa shape index (κ2) is 5.45. The van der Waals surface area contributed by atoms with Crippen LogP contribution in [0, 0.1) is 5.82 Å². The van der Waals surface area contributed by atoms with E-state index >= 15 is 0 Å². The molecule has 0 bridgehead atoms. The van der Waals surface area contributed by atoms with Crippen LogP contribution in [0.5, 0.6) is 0 Å². The predicted octanol–water partition coefficient (Wildman–Crippen LogP) is 1.60. The van der Waals surface area contributed by atoms with Crippen molar-refractivity contribution in [2.24, 2.45) is 0 Å². The van der Waals surface area contributed by atoms with Crippen LogP contribution in [0.2, 0.25) is 0 Å². The molecule has 1 aromatic rings. The van der Waals surface area contributed by atoms with Crippen molar-refractivity contribution < 1.29 is 22.7 Å². The number of carbonyl (C=O) groups is 1. The summed E-state index contributed by atoms with van der Waals surface area (Å²) in [7, 11) is -3.96. The lowest BCUT2D eigenvalue weighted by atomic mass is 10.2. The number of hydrogen-bond acceptors (Lipinski definition) is 3. The maximum absolute atomic E-state index is 13.6. The van der Waals surface area contributed by atoms with E-state index in [0.717, 1.165) is 12.1 Å². The number of rotatable bonds is 5. The maximum atomic E-state index is 13.6. The number of benzene rings is 1. The maximum Gasteiger partial charge on any atom is 0.335 e. The first kappa shape index (κ1) is 14.6. The van der Waals surface area contributed by atoms with E-state index < -0.39 is 26.7 Å². The molecule has 0 saturated heterocycles. The molecule has 0 fully saturated rings. The van der Waals surface area contributed by atoms with E-state index in [1.165, 1.54) is 0 Å². The van der Waals surface area contributed by atoms with Crippen LogP contribution in [0.3, 0.4) is 0 Å². The smallest absolute Gasteiger partial charge is 0.335 e. The van der Waals surface area contributed by atoms with Crippen LogP contribution in [-0.4, -0.2) is 25.5 Å². The van der Waals surface area contributed by atoms with E-state index in [1.54, 1.807) is 13.8 Å². The van der Waals surface area contributed by atoms with Crippen LogP contribution in [0.15, 0.2) is 23.1 Å². The summed E-state index contributed by atoms with van der Waals surface area (Å²) >= 11 is 0. The SMILES string of the molecule is CCC(C)NS(=O)(=O)c1ccc(C(=O)O)cc1F. The molecule has 18 heavy (non-hydrogen) atoms. The zero-order valence-electron chi connectivity index (χ0n) is 9.97. The number of carboxylic acids is 1. The molecule has 5 nitrogen and oxygen atoms in total. The third-order valence-corrected chi connectivity index (χ3v) is 4.06. The van der Waals surface area contributed by atoms with Crippen molar-refractivity contribution in [2.45, 2.75) is 31.2 Å². The lowest BCUT2D eigenvalue weighted by Crippen LogP contribution is -2.32. The Morgan fingerprint density at radius 3 is 2.56 bits per heavy atom. The third kappa shape index (κ3) is 3.27. The zero-order chi connectivity index (χ0) is 13.9. The summed E-state index contributed by atoms with van der Waals surface area (Å²) in [5.41, 5.74) is -0.296. The fourth-order valence-corrected chi connectivity index (χ4v) is 2.65. The van der Waals surface area contributed by atoms with Gasteiger partial charge in [0.25, 0.3) is 0 Å². The Labute approximate surface area is 105 Å². The van der Waals surface area contributed by atoms with Crippen molar-refractivity contribution in [1.29, 1.82) is 0 Å². The summed E-state index contributed by atoms with van der Waals surface area (Å²) in [6, 6.07) is 2.36. The van der Waals surface area contributed by atoms with Gasteiger partial charge in [-0.3, -0.25) is 0 Å². The van der Waals surface area contributed by atoms with E-state index in [0.29, 0.717) is 12.5 Å². The number of sulfonamides is 1. The van der Waals surface area contributed by atoms with Gasteiger partial charge in [-0.2, -0.15) is 0 Å². The molecule has 0 amide bonds. The van der Waals surface area contributed by atoms with Crippen LogP contribution in [0.25, 0.3) is 0 Å². The van der Waals surface area contributed by atoms with E-state index in [4.69, 9.17) is 5.11 Å². The van der Waals surface area contributed by atoms with Gasteiger partial charge in [0, 0.05) is 6.04 Å². The van der Waals surface area contributed by atoms with Gasteiger partial charge in [-0.15, -0.1) is 0 Å². The summed E-state index contributed by atoms with van der Waals surface area (Å²) in [4.78, 5) is 10.1. The second-order valence-corrected chi connectivity index (χ2v) is 5.56. The van der Waals surface area contributed by atoms with E-state index in [2.05, 4.69) is 4.72 Å². The highest BCUT2D eigenvalue weighted by Crippen LogP contribution is 2.16. The predicted molar refractivity (Wildman–Crippen MR) is 63.4 cm³/mol. The number of halogens is 1. The van der Waals surface area contributed by atoms with Crippen molar-refractivity contribution in [3.63, 3.8) is 0 Å². The molecule has 0 heterocycles. The molecule has 1 rings (SSSR count). The fourth-order valence-electron chi connectivity index (χ4n) is 1.26. The Kier molecular flexibility index (Phi) is 4.42. The van der Waals surface area contributed by atoms with Crippen LogP contribution in [-0.2, 0) is 10.0 Å². The quantitative estimate of drug-likeness (QED) is 0.855. The van der Waals surface area contributed by atoms with E-state index in [1.807, 2.05) is 0 Å². The zero-order valence-corrected chi connectivity index (χ0v) is 10.8. The van der Waals surface area contributed by atoms with Crippen molar-refractivity contribution >= 4 is 16.0 Å². The van der Waals surface area contributed by atoms with Gasteiger partial charge in [0.1, 0.15) is 10.7 Å². The standard InChI is InChI=1S/C11H14FNO4S/c1-3-7(2)13-18(16,17)10-5-4-8(11(14)15)6-9(10)12/h4-7,13H,3H2,1-2H3,(H,14,15). The number of nitrogens with one attached hydrogen (secondary N) is 1. The molecule has 1 unspecified atom stereocenters. The summed E-state index contributed by atoms with van der Waals surface area (Å²) in [5.74, 6) is -2.39. The highest BCUT2D eigenvalue weighted by Gasteiger charge is 2.21. The lowest BCUT2D eigenvalue weighted by molar-refractivity contribution is 0.0696. The van der Waals surface area contributed by atoms with Gasteiger partial charge >= 0.3 is 5.97 Å². The molecular formula is C11H14FNO4S. The van der Waals surface area contributed by atoms with Crippen molar-refractivity contribution in [1.82, 2.24) is 4.72 Å². The molecule has 1 atom stereocenters. The largest absolute Gasteiger partial charge is 0.478 e. The van der Waals surface area contributed by atoms with Crippen molar-refractivity contribution in [3.05, 3.63) is 29.6 Å². The van der Waals surface area contributed by atoms with Crippen LogP contribution < -0.4 is 4.72 Å². The first-order valence-electron chi connectivity index (χ1n) is 5.33. The van der Waals surface area contributed by atoms with Crippen LogP contribution in [0.1, 0.15) is 30.6 Å². The first-order chi connectivity index (χ1) is 8.27. The van der Waals surface area contributed by atoms with Gasteiger partial charge in [0.05, 0.1) is 5.56 Å². The molecule has 7 heteroatoms. The molecule has 0 aliphatic carbocycles. The molecule has 0 spiro atoms. The van der Waals surface area contributed by atoms with Gasteiger partial charge in [0.15, 0.2) is 0 Å². The molecule has 100 valence electrons. The minimum atomic E-state index is -3.96. The van der Waals surface area contributed by atoms with Gasteiger partial charge in [-0.25, -0.2) is 22.3 Å². The van der Waals surface area contributed by atoms with Gasteiger partial charge in [0.2, 0.25) is 10.0 Å². The minimum Gasteiger partial charge on any atom is -0.478 e. The van der Waals surface area contributed by atoms with Crippen molar-refractivity contribution in [3.8, 4) is 0 Å². The fraction of sp³-hybridized carbons (Fsp3) is 0.364. The third-order valence-electron chi connectivity index (χ3n) is 2.44. The molecule has 0 saturated carbocycles. The highest BCUT2D eigenvalue weighted by atomic mass is 32.2. The molecule has 0 aliphatic heterocycles. The molecule has 0 radical (unpaired) electrons. The summed E-state index contributed by atoms with van der Waals surface area (Å²) < 4.78 is 39.5. The molecule has 0 aromatic heterocycles. The minimum absolute atomic E-state index is 0.296. The number of aromatic carboxylic acids is 1. The Bertz CT molecular complexity index is 556. The Morgan fingerprint density at radius 1 is 1.50 bits per heavy atom. The average Bonchev–Trinajstić information content (AvgIpc) is 2.27. The Balaban J connectivity index is 3.14. The second-order valence-electron chi connectivity index (χ2n) is 3.88. The Hall–Kier alpha value is -1.47. The Morgan fingerprint density at radius 2 is 2.11 bits per heavy atom. The summed E-state index contributed by atoms with van der Waals surface area (Å²) in [6.07, 6.45) is 0.564. The van der Waals surface area contributed by atoms with Crippen LogP contribution >= 0.6 is 0 Å². The first-order valence-corrected chi connectivity index (χ1v) is 6.81. The van der Waals surface area contributed by atoms with E-state index in [9.17, 15) is 17.6 Å². The number of hydrogen-bond donors (Lipinski definition) is 2. The van der Waals surface area contributed by atoms with E-state index in [-0.39, 0.29) is 11.6 Å². The van der Waals surface area contributed by atoms with Gasteiger partial charge < -0.3 is 5.11 Å². The number of carboxylic acid groups (broad SMARTS) is 1. The van der Waals surface area contributed by atoms with Crippen molar-refractivity contribution in [2.75, 3.05) is 0 Å². The highest BCUT2D eigenvalue weighted by molar-refractivity contribution is 7.89. The van der Waals surface area contributed by atoms with Gasteiger partial charge in [-0.05, 0) is 31.5 Å². The normalized spacial score (nSPS) is 13.3. The van der Waals surface area contributed by atoms with Gasteiger partial charge in [-0.1, -0.05) is 6.92 Å². The molecule has 2 N–H and O–H groups in total. The molecule has 0 aliphatic rings. The van der Waals surface area contributed by atoms with Crippen LogP contribution in [0.4, 0.5) is 4.39 Å². The molecule has 1 aromatic carbocycles. The summed E-state index contributed by atoms with van der Waals surface area (Å²) in [6.45, 7) is 3.44. The topological polar surface area (TPSA) is 83.5 Å². The lowest BCUT2D eigenvalue weighted by Gasteiger charge is -2.12. The average molecular weight is 275 g/mol. The summed E-state index contributed by atoms with van der Waals surface area (Å²) in [5, 5.41) is 8.65.